The van der Waals surface area contributed by atoms with Gasteiger partial charge in [0.25, 0.3) is 0 Å². The van der Waals surface area contributed by atoms with E-state index >= 15 is 0 Å². The Bertz CT molecular complexity index is 768. The standard InChI is InChI=1S/C20H23NO5/c1-4-25-17-7-5-6-15(13-17)21-18(22)12-14-8-10-16(11-9-14)26-20(2,3)19(23)24/h5-11,13H,4,12H2,1-3H3,(H,21,22)(H,23,24). The van der Waals surface area contributed by atoms with Gasteiger partial charge in [0.05, 0.1) is 13.0 Å². The number of carbonyl (C=O) groups excluding carboxylic acids is 1. The van der Waals surface area contributed by atoms with E-state index in [-0.39, 0.29) is 12.3 Å². The van der Waals surface area contributed by atoms with Crippen molar-refractivity contribution < 1.29 is 24.2 Å². The second-order valence-corrected chi connectivity index (χ2v) is 6.25. The zero-order valence-electron chi connectivity index (χ0n) is 15.1. The van der Waals surface area contributed by atoms with Gasteiger partial charge in [-0.15, -0.1) is 0 Å². The molecule has 0 atom stereocenters. The molecule has 0 aromatic heterocycles. The smallest absolute Gasteiger partial charge is 0.347 e. The Hall–Kier alpha value is -3.02. The van der Waals surface area contributed by atoms with Gasteiger partial charge >= 0.3 is 5.97 Å². The number of ether oxygens (including phenoxy) is 2. The van der Waals surface area contributed by atoms with E-state index in [0.29, 0.717) is 23.8 Å². The van der Waals surface area contributed by atoms with Gasteiger partial charge < -0.3 is 19.9 Å². The highest BCUT2D eigenvalue weighted by atomic mass is 16.5. The lowest BCUT2D eigenvalue weighted by molar-refractivity contribution is -0.152. The molecule has 2 aromatic carbocycles. The average molecular weight is 357 g/mol. The summed E-state index contributed by atoms with van der Waals surface area (Å²) in [4.78, 5) is 23.3. The molecule has 1 amide bonds. The SMILES string of the molecule is CCOc1cccc(NC(=O)Cc2ccc(OC(C)(C)C(=O)O)cc2)c1. The highest BCUT2D eigenvalue weighted by molar-refractivity contribution is 5.92. The molecule has 0 aliphatic heterocycles. The molecule has 0 radical (unpaired) electrons. The Morgan fingerprint density at radius 3 is 2.38 bits per heavy atom. The van der Waals surface area contributed by atoms with Crippen molar-refractivity contribution in [1.29, 1.82) is 0 Å². The summed E-state index contributed by atoms with van der Waals surface area (Å²) >= 11 is 0. The molecule has 0 spiro atoms. The van der Waals surface area contributed by atoms with Crippen LogP contribution in [0.2, 0.25) is 0 Å². The van der Waals surface area contributed by atoms with Gasteiger partial charge in [-0.3, -0.25) is 4.79 Å². The molecule has 0 heterocycles. The molecular weight excluding hydrogens is 334 g/mol. The van der Waals surface area contributed by atoms with Crippen molar-refractivity contribution >= 4 is 17.6 Å². The summed E-state index contributed by atoms with van der Waals surface area (Å²) in [5.74, 6) is -0.0627. The minimum Gasteiger partial charge on any atom is -0.494 e. The first-order valence-electron chi connectivity index (χ1n) is 8.34. The van der Waals surface area contributed by atoms with Crippen molar-refractivity contribution in [2.75, 3.05) is 11.9 Å². The van der Waals surface area contributed by atoms with Gasteiger partial charge in [-0.25, -0.2) is 4.79 Å². The largest absolute Gasteiger partial charge is 0.494 e. The number of aliphatic carboxylic acids is 1. The van der Waals surface area contributed by atoms with Crippen molar-refractivity contribution in [2.24, 2.45) is 0 Å². The minimum absolute atomic E-state index is 0.154. The summed E-state index contributed by atoms with van der Waals surface area (Å²) < 4.78 is 10.9. The fourth-order valence-corrected chi connectivity index (χ4v) is 2.23. The first kappa shape index (κ1) is 19.3. The molecular formula is C20H23NO5. The topological polar surface area (TPSA) is 84.9 Å². The van der Waals surface area contributed by atoms with E-state index in [1.165, 1.54) is 13.8 Å². The molecule has 0 unspecified atom stereocenters. The normalized spacial score (nSPS) is 10.9. The summed E-state index contributed by atoms with van der Waals surface area (Å²) in [6, 6.07) is 14.0. The molecule has 2 aromatic rings. The molecule has 6 nitrogen and oxygen atoms in total. The van der Waals surface area contributed by atoms with E-state index in [1.807, 2.05) is 19.1 Å². The van der Waals surface area contributed by atoms with Crippen LogP contribution in [-0.4, -0.2) is 29.2 Å². The summed E-state index contributed by atoms with van der Waals surface area (Å²) in [6.07, 6.45) is 0.196. The van der Waals surface area contributed by atoms with Gasteiger partial charge in [-0.2, -0.15) is 0 Å². The third kappa shape index (κ3) is 5.51. The summed E-state index contributed by atoms with van der Waals surface area (Å²) in [7, 11) is 0. The molecule has 138 valence electrons. The molecule has 6 heteroatoms. The van der Waals surface area contributed by atoms with E-state index in [2.05, 4.69) is 5.32 Å². The van der Waals surface area contributed by atoms with Crippen molar-refractivity contribution in [3.8, 4) is 11.5 Å². The maximum atomic E-state index is 12.2. The Morgan fingerprint density at radius 1 is 1.08 bits per heavy atom. The number of rotatable bonds is 8. The van der Waals surface area contributed by atoms with Crippen LogP contribution in [0.15, 0.2) is 48.5 Å². The number of carboxylic acids is 1. The third-order valence-electron chi connectivity index (χ3n) is 3.60. The van der Waals surface area contributed by atoms with Crippen LogP contribution in [0.1, 0.15) is 26.3 Å². The second kappa shape index (κ2) is 8.38. The van der Waals surface area contributed by atoms with Crippen molar-refractivity contribution in [3.05, 3.63) is 54.1 Å². The third-order valence-corrected chi connectivity index (χ3v) is 3.60. The molecule has 0 saturated heterocycles. The van der Waals surface area contributed by atoms with E-state index in [4.69, 9.17) is 14.6 Å². The molecule has 0 aliphatic rings. The number of hydrogen-bond acceptors (Lipinski definition) is 4. The van der Waals surface area contributed by atoms with Crippen LogP contribution in [-0.2, 0) is 16.0 Å². The number of benzene rings is 2. The van der Waals surface area contributed by atoms with Gasteiger partial charge in [0.2, 0.25) is 5.91 Å². The highest BCUT2D eigenvalue weighted by Gasteiger charge is 2.29. The average Bonchev–Trinajstić information content (AvgIpc) is 2.57. The van der Waals surface area contributed by atoms with E-state index in [9.17, 15) is 9.59 Å². The van der Waals surface area contributed by atoms with Gasteiger partial charge in [0.15, 0.2) is 5.60 Å². The van der Waals surface area contributed by atoms with Gasteiger partial charge in [-0.1, -0.05) is 18.2 Å². The Balaban J connectivity index is 1.95. The first-order chi connectivity index (χ1) is 12.3. The number of hydrogen-bond donors (Lipinski definition) is 2. The predicted octanol–water partition coefficient (Wildman–Crippen LogP) is 3.51. The molecule has 0 aliphatic carbocycles. The van der Waals surface area contributed by atoms with E-state index < -0.39 is 11.6 Å². The maximum Gasteiger partial charge on any atom is 0.347 e. The Labute approximate surface area is 152 Å². The lowest BCUT2D eigenvalue weighted by Gasteiger charge is -2.21. The zero-order chi connectivity index (χ0) is 19.2. The van der Waals surface area contributed by atoms with Crippen LogP contribution in [0.3, 0.4) is 0 Å². The molecule has 2 rings (SSSR count). The van der Waals surface area contributed by atoms with Crippen molar-refractivity contribution in [2.45, 2.75) is 32.8 Å². The van der Waals surface area contributed by atoms with Gasteiger partial charge in [0.1, 0.15) is 11.5 Å². The van der Waals surface area contributed by atoms with E-state index in [0.717, 1.165) is 5.56 Å². The fraction of sp³-hybridized carbons (Fsp3) is 0.300. The van der Waals surface area contributed by atoms with Crippen LogP contribution in [0, 0.1) is 0 Å². The monoisotopic (exact) mass is 357 g/mol. The molecule has 0 bridgehead atoms. The lowest BCUT2D eigenvalue weighted by Crippen LogP contribution is -2.37. The predicted molar refractivity (Wildman–Crippen MR) is 98.7 cm³/mol. The van der Waals surface area contributed by atoms with Crippen molar-refractivity contribution in [1.82, 2.24) is 0 Å². The van der Waals surface area contributed by atoms with Gasteiger partial charge in [-0.05, 0) is 50.6 Å². The van der Waals surface area contributed by atoms with Crippen LogP contribution >= 0.6 is 0 Å². The lowest BCUT2D eigenvalue weighted by atomic mass is 10.1. The van der Waals surface area contributed by atoms with Crippen molar-refractivity contribution in [3.63, 3.8) is 0 Å². The number of amides is 1. The fourth-order valence-electron chi connectivity index (χ4n) is 2.23. The van der Waals surface area contributed by atoms with Crippen LogP contribution in [0.25, 0.3) is 0 Å². The summed E-state index contributed by atoms with van der Waals surface area (Å²) in [5.41, 5.74) is 0.151. The molecule has 2 N–H and O–H groups in total. The quantitative estimate of drug-likeness (QED) is 0.755. The molecule has 26 heavy (non-hydrogen) atoms. The highest BCUT2D eigenvalue weighted by Crippen LogP contribution is 2.20. The zero-order valence-corrected chi connectivity index (χ0v) is 15.1. The number of nitrogens with one attached hydrogen (secondary N) is 1. The minimum atomic E-state index is -1.32. The molecule has 0 saturated carbocycles. The summed E-state index contributed by atoms with van der Waals surface area (Å²) in [5, 5.41) is 11.9. The maximum absolute atomic E-state index is 12.2. The summed E-state index contributed by atoms with van der Waals surface area (Å²) in [6.45, 7) is 5.42. The second-order valence-electron chi connectivity index (χ2n) is 6.25. The number of carbonyl (C=O) groups is 2. The van der Waals surface area contributed by atoms with Gasteiger partial charge in [0, 0.05) is 11.8 Å². The van der Waals surface area contributed by atoms with Crippen LogP contribution in [0.5, 0.6) is 11.5 Å². The van der Waals surface area contributed by atoms with E-state index in [1.54, 1.807) is 36.4 Å². The Kier molecular flexibility index (Phi) is 6.22. The first-order valence-corrected chi connectivity index (χ1v) is 8.34. The number of anilines is 1. The molecule has 0 fully saturated rings. The Morgan fingerprint density at radius 2 is 1.77 bits per heavy atom. The van der Waals surface area contributed by atoms with Crippen LogP contribution < -0.4 is 14.8 Å². The van der Waals surface area contributed by atoms with Crippen LogP contribution in [0.4, 0.5) is 5.69 Å². The number of carboxylic acid groups (broad SMARTS) is 1.